The number of hydrogen-bond acceptors (Lipinski definition) is 4. The molecule has 0 N–H and O–H groups in total. The first-order valence-electron chi connectivity index (χ1n) is 11.4. The summed E-state index contributed by atoms with van der Waals surface area (Å²) in [7, 11) is 0. The molecule has 0 radical (unpaired) electrons. The SMILES string of the molecule is Brc1ccc(-c2nc3nc(-c4ccccc4)c(-c4ccccc4)nc3nc2-c2ccc(Br)cc2)cc1. The highest BCUT2D eigenvalue weighted by atomic mass is 79.9. The van der Waals surface area contributed by atoms with Crippen LogP contribution in [0.1, 0.15) is 0 Å². The van der Waals surface area contributed by atoms with E-state index in [0.717, 1.165) is 54.0 Å². The molecule has 2 aromatic heterocycles. The van der Waals surface area contributed by atoms with Crippen molar-refractivity contribution in [1.29, 1.82) is 0 Å². The van der Waals surface area contributed by atoms with Crippen molar-refractivity contribution in [3.63, 3.8) is 0 Å². The first kappa shape index (κ1) is 22.7. The van der Waals surface area contributed by atoms with E-state index in [0.29, 0.717) is 11.3 Å². The fourth-order valence-electron chi connectivity index (χ4n) is 4.10. The zero-order chi connectivity index (χ0) is 24.5. The lowest BCUT2D eigenvalue weighted by molar-refractivity contribution is 1.17. The highest BCUT2D eigenvalue weighted by Gasteiger charge is 2.19. The van der Waals surface area contributed by atoms with Gasteiger partial charge in [-0.1, -0.05) is 117 Å². The molecule has 0 aliphatic rings. The molecular weight excluding hydrogens is 576 g/mol. The predicted octanol–water partition coefficient (Wildman–Crippen LogP) is 8.61. The number of nitrogens with zero attached hydrogens (tertiary/aromatic N) is 4. The van der Waals surface area contributed by atoms with Crippen LogP contribution in [0.25, 0.3) is 56.3 Å². The van der Waals surface area contributed by atoms with Crippen LogP contribution in [0.4, 0.5) is 0 Å². The Bertz CT molecular complexity index is 1540. The minimum Gasteiger partial charge on any atom is -0.223 e. The lowest BCUT2D eigenvalue weighted by Gasteiger charge is -2.13. The van der Waals surface area contributed by atoms with E-state index in [1.54, 1.807) is 0 Å². The van der Waals surface area contributed by atoms with Gasteiger partial charge in [-0.3, -0.25) is 0 Å². The lowest BCUT2D eigenvalue weighted by atomic mass is 10.0. The normalized spacial score (nSPS) is 11.1. The van der Waals surface area contributed by atoms with Gasteiger partial charge in [-0.15, -0.1) is 0 Å². The van der Waals surface area contributed by atoms with Gasteiger partial charge in [0.15, 0.2) is 11.3 Å². The van der Waals surface area contributed by atoms with Crippen LogP contribution in [-0.2, 0) is 0 Å². The second kappa shape index (κ2) is 9.72. The van der Waals surface area contributed by atoms with Crippen molar-refractivity contribution < 1.29 is 0 Å². The Balaban J connectivity index is 1.65. The fourth-order valence-corrected chi connectivity index (χ4v) is 4.63. The quantitative estimate of drug-likeness (QED) is 0.205. The van der Waals surface area contributed by atoms with Crippen molar-refractivity contribution in [3.05, 3.63) is 118 Å². The molecule has 0 aliphatic carbocycles. The molecule has 0 fully saturated rings. The molecular formula is C30H18Br2N4. The van der Waals surface area contributed by atoms with Crippen LogP contribution in [-0.4, -0.2) is 19.9 Å². The number of fused-ring (bicyclic) bond motifs is 1. The van der Waals surface area contributed by atoms with Crippen molar-refractivity contribution in [2.24, 2.45) is 0 Å². The van der Waals surface area contributed by atoms with Gasteiger partial charge >= 0.3 is 0 Å². The zero-order valence-electron chi connectivity index (χ0n) is 18.9. The average Bonchev–Trinajstić information content (AvgIpc) is 2.93. The summed E-state index contributed by atoms with van der Waals surface area (Å²) in [5, 5.41) is 0. The topological polar surface area (TPSA) is 51.6 Å². The van der Waals surface area contributed by atoms with Crippen LogP contribution in [0, 0.1) is 0 Å². The van der Waals surface area contributed by atoms with Crippen LogP contribution in [0.3, 0.4) is 0 Å². The molecule has 6 heteroatoms. The molecule has 6 rings (SSSR count). The molecule has 4 nitrogen and oxygen atoms in total. The van der Waals surface area contributed by atoms with Crippen LogP contribution >= 0.6 is 31.9 Å². The molecule has 0 amide bonds. The first-order chi connectivity index (χ1) is 17.7. The van der Waals surface area contributed by atoms with E-state index >= 15 is 0 Å². The van der Waals surface area contributed by atoms with E-state index in [4.69, 9.17) is 19.9 Å². The van der Waals surface area contributed by atoms with Gasteiger partial charge < -0.3 is 0 Å². The van der Waals surface area contributed by atoms with E-state index in [1.807, 2.05) is 109 Å². The van der Waals surface area contributed by atoms with Gasteiger partial charge in [0.05, 0.1) is 22.8 Å². The largest absolute Gasteiger partial charge is 0.223 e. The zero-order valence-corrected chi connectivity index (χ0v) is 22.1. The Labute approximate surface area is 225 Å². The summed E-state index contributed by atoms with van der Waals surface area (Å²) in [6, 6.07) is 36.3. The second-order valence-corrected chi connectivity index (χ2v) is 10.1. The third-order valence-electron chi connectivity index (χ3n) is 5.85. The summed E-state index contributed by atoms with van der Waals surface area (Å²) in [4.78, 5) is 20.1. The maximum Gasteiger partial charge on any atom is 0.199 e. The van der Waals surface area contributed by atoms with Crippen molar-refractivity contribution >= 4 is 43.2 Å². The summed E-state index contributed by atoms with van der Waals surface area (Å²) < 4.78 is 2.01. The van der Waals surface area contributed by atoms with E-state index < -0.39 is 0 Å². The van der Waals surface area contributed by atoms with Crippen LogP contribution in [0.5, 0.6) is 0 Å². The van der Waals surface area contributed by atoms with Gasteiger partial charge in [-0.25, -0.2) is 19.9 Å². The Morgan fingerprint density at radius 3 is 0.917 bits per heavy atom. The molecule has 36 heavy (non-hydrogen) atoms. The monoisotopic (exact) mass is 592 g/mol. The summed E-state index contributed by atoms with van der Waals surface area (Å²) in [5.74, 6) is 0. The number of aromatic nitrogens is 4. The molecule has 0 bridgehead atoms. The second-order valence-electron chi connectivity index (χ2n) is 8.23. The maximum atomic E-state index is 5.03. The Morgan fingerprint density at radius 2 is 0.611 bits per heavy atom. The van der Waals surface area contributed by atoms with Gasteiger partial charge in [0.2, 0.25) is 0 Å². The smallest absolute Gasteiger partial charge is 0.199 e. The molecule has 0 aliphatic heterocycles. The molecule has 4 aromatic carbocycles. The summed E-state index contributed by atoms with van der Waals surface area (Å²) >= 11 is 7.06. The van der Waals surface area contributed by atoms with Crippen molar-refractivity contribution in [2.75, 3.05) is 0 Å². The van der Waals surface area contributed by atoms with E-state index in [9.17, 15) is 0 Å². The molecule has 0 spiro atoms. The fraction of sp³-hybridized carbons (Fsp3) is 0. The highest BCUT2D eigenvalue weighted by molar-refractivity contribution is 9.10. The Hall–Kier alpha value is -3.74. The van der Waals surface area contributed by atoms with E-state index in [-0.39, 0.29) is 0 Å². The van der Waals surface area contributed by atoms with Gasteiger partial charge in [-0.05, 0) is 24.3 Å². The highest BCUT2D eigenvalue weighted by Crippen LogP contribution is 2.34. The number of benzene rings is 4. The maximum absolute atomic E-state index is 5.03. The van der Waals surface area contributed by atoms with Gasteiger partial charge in [0, 0.05) is 31.2 Å². The number of rotatable bonds is 4. The molecule has 6 aromatic rings. The Kier molecular flexibility index (Phi) is 6.13. The van der Waals surface area contributed by atoms with E-state index in [2.05, 4.69) is 31.9 Å². The summed E-state index contributed by atoms with van der Waals surface area (Å²) in [6.07, 6.45) is 0. The molecule has 172 valence electrons. The molecule has 0 saturated carbocycles. The van der Waals surface area contributed by atoms with Crippen molar-refractivity contribution in [2.45, 2.75) is 0 Å². The standard InChI is InChI=1S/C30H18Br2N4/c31-23-15-11-21(12-16-23)27-28(22-13-17-24(32)18-14-22)36-30-29(35-27)33-25(19-7-3-1-4-8-19)26(34-30)20-9-5-2-6-10-20/h1-18H. The van der Waals surface area contributed by atoms with Crippen LogP contribution < -0.4 is 0 Å². The first-order valence-corrected chi connectivity index (χ1v) is 13.0. The van der Waals surface area contributed by atoms with Gasteiger partial charge in [-0.2, -0.15) is 0 Å². The molecule has 0 saturated heterocycles. The molecule has 2 heterocycles. The van der Waals surface area contributed by atoms with Crippen molar-refractivity contribution in [3.8, 4) is 45.0 Å². The number of hydrogen-bond donors (Lipinski definition) is 0. The predicted molar refractivity (Wildman–Crippen MR) is 152 cm³/mol. The van der Waals surface area contributed by atoms with Crippen LogP contribution in [0.2, 0.25) is 0 Å². The Morgan fingerprint density at radius 1 is 0.333 bits per heavy atom. The third-order valence-corrected chi connectivity index (χ3v) is 6.91. The van der Waals surface area contributed by atoms with Gasteiger partial charge in [0.1, 0.15) is 0 Å². The molecule has 0 atom stereocenters. The molecule has 0 unspecified atom stereocenters. The summed E-state index contributed by atoms with van der Waals surface area (Å²) in [5.41, 5.74) is 7.98. The van der Waals surface area contributed by atoms with Gasteiger partial charge in [0.25, 0.3) is 0 Å². The van der Waals surface area contributed by atoms with Crippen molar-refractivity contribution in [1.82, 2.24) is 19.9 Å². The lowest BCUT2D eigenvalue weighted by Crippen LogP contribution is -2.02. The average molecular weight is 594 g/mol. The van der Waals surface area contributed by atoms with Crippen LogP contribution in [0.15, 0.2) is 118 Å². The minimum atomic E-state index is 0.507. The third kappa shape index (κ3) is 4.45. The minimum absolute atomic E-state index is 0.507. The van der Waals surface area contributed by atoms with E-state index in [1.165, 1.54) is 0 Å². The summed E-state index contributed by atoms with van der Waals surface area (Å²) in [6.45, 7) is 0. The number of halogens is 2.